The Labute approximate surface area is 142 Å². The zero-order chi connectivity index (χ0) is 18.1. The van der Waals surface area contributed by atoms with E-state index in [2.05, 4.69) is 5.10 Å². The van der Waals surface area contributed by atoms with Crippen LogP contribution in [0.2, 0.25) is 0 Å². The summed E-state index contributed by atoms with van der Waals surface area (Å²) in [6.07, 6.45) is 6.15. The first kappa shape index (κ1) is 19.9. The zero-order valence-electron chi connectivity index (χ0n) is 14.9. The first-order valence-electron chi connectivity index (χ1n) is 8.14. The van der Waals surface area contributed by atoms with Crippen molar-refractivity contribution in [1.29, 1.82) is 0 Å². The number of aromatic nitrogens is 2. The van der Waals surface area contributed by atoms with E-state index < -0.39 is 5.97 Å². The van der Waals surface area contributed by atoms with Crippen molar-refractivity contribution in [3.63, 3.8) is 0 Å². The van der Waals surface area contributed by atoms with Crippen molar-refractivity contribution >= 4 is 11.8 Å². The predicted molar refractivity (Wildman–Crippen MR) is 91.0 cm³/mol. The number of aliphatic hydroxyl groups excluding tert-OH is 1. The highest BCUT2D eigenvalue weighted by Gasteiger charge is 2.25. The third-order valence-corrected chi connectivity index (χ3v) is 3.37. The molecular formula is C17H27N3O4. The lowest BCUT2D eigenvalue weighted by atomic mass is 10.0. The maximum Gasteiger partial charge on any atom is 0.359 e. The summed E-state index contributed by atoms with van der Waals surface area (Å²) < 4.78 is 6.45. The number of rotatable bonds is 10. The monoisotopic (exact) mass is 337 g/mol. The van der Waals surface area contributed by atoms with Crippen LogP contribution < -0.4 is 0 Å². The molecule has 0 aliphatic rings. The summed E-state index contributed by atoms with van der Waals surface area (Å²) in [4.78, 5) is 26.1. The number of hydrogen-bond donors (Lipinski definition) is 1. The molecule has 1 rings (SSSR count). The summed E-state index contributed by atoms with van der Waals surface area (Å²) in [5.41, 5.74) is 1.16. The van der Waals surface area contributed by atoms with Gasteiger partial charge in [-0.1, -0.05) is 6.08 Å². The highest BCUT2D eigenvalue weighted by molar-refractivity contribution is 5.98. The van der Waals surface area contributed by atoms with E-state index in [1.165, 1.54) is 11.6 Å². The van der Waals surface area contributed by atoms with Gasteiger partial charge in [0.2, 0.25) is 0 Å². The zero-order valence-corrected chi connectivity index (χ0v) is 14.9. The highest BCUT2D eigenvalue weighted by atomic mass is 16.5. The molecule has 0 unspecified atom stereocenters. The van der Waals surface area contributed by atoms with Gasteiger partial charge in [0, 0.05) is 26.6 Å². The van der Waals surface area contributed by atoms with Crippen LogP contribution in [0.25, 0.3) is 0 Å². The van der Waals surface area contributed by atoms with Gasteiger partial charge >= 0.3 is 5.97 Å². The van der Waals surface area contributed by atoms with E-state index in [0.29, 0.717) is 17.7 Å². The van der Waals surface area contributed by atoms with Crippen molar-refractivity contribution in [1.82, 2.24) is 14.7 Å². The van der Waals surface area contributed by atoms with Crippen molar-refractivity contribution in [3.8, 4) is 0 Å². The first-order chi connectivity index (χ1) is 11.4. The van der Waals surface area contributed by atoms with Crippen LogP contribution in [0.5, 0.6) is 0 Å². The molecule has 0 spiro atoms. The molecule has 0 fully saturated rings. The van der Waals surface area contributed by atoms with Crippen LogP contribution in [-0.4, -0.2) is 58.8 Å². The number of ketones is 1. The normalized spacial score (nSPS) is 11.0. The van der Waals surface area contributed by atoms with Crippen LogP contribution in [0.1, 0.15) is 53.2 Å². The van der Waals surface area contributed by atoms with E-state index in [4.69, 9.17) is 9.84 Å². The molecule has 0 bridgehead atoms. The van der Waals surface area contributed by atoms with Crippen LogP contribution >= 0.6 is 0 Å². The van der Waals surface area contributed by atoms with Crippen molar-refractivity contribution in [2.45, 2.75) is 39.7 Å². The number of esters is 1. The molecule has 1 aromatic rings. The largest absolute Gasteiger partial charge is 0.461 e. The lowest BCUT2D eigenvalue weighted by Gasteiger charge is -2.06. The molecule has 0 atom stereocenters. The number of Topliss-reactive ketones (excluding diaryl/α,β-unsaturated/α-hetero) is 1. The number of ether oxygens (including phenoxy) is 1. The highest BCUT2D eigenvalue weighted by Crippen LogP contribution is 2.19. The molecule has 0 aliphatic carbocycles. The molecule has 1 N–H and O–H groups in total. The molecule has 0 aromatic carbocycles. The minimum atomic E-state index is -0.532. The fraction of sp³-hybridized carbons (Fsp3) is 0.588. The maximum atomic E-state index is 12.1. The van der Waals surface area contributed by atoms with Gasteiger partial charge in [-0.25, -0.2) is 4.79 Å². The van der Waals surface area contributed by atoms with Gasteiger partial charge in [-0.05, 0) is 32.4 Å². The number of unbranched alkanes of at least 4 members (excludes halogenated alkanes) is 1. The Hall–Kier alpha value is -2.15. The van der Waals surface area contributed by atoms with Gasteiger partial charge in [0.25, 0.3) is 0 Å². The van der Waals surface area contributed by atoms with E-state index >= 15 is 0 Å². The molecule has 0 aliphatic heterocycles. The topological polar surface area (TPSA) is 84.7 Å². The molecule has 0 amide bonds. The average Bonchev–Trinajstić information content (AvgIpc) is 2.86. The van der Waals surface area contributed by atoms with Crippen LogP contribution in [-0.2, 0) is 17.7 Å². The summed E-state index contributed by atoms with van der Waals surface area (Å²) in [6, 6.07) is 0. The lowest BCUT2D eigenvalue weighted by Crippen LogP contribution is -2.12. The molecule has 7 nitrogen and oxygen atoms in total. The second-order valence-corrected chi connectivity index (χ2v) is 5.64. The van der Waals surface area contributed by atoms with Gasteiger partial charge in [-0.3, -0.25) is 9.48 Å². The van der Waals surface area contributed by atoms with Crippen molar-refractivity contribution in [2.75, 3.05) is 27.3 Å². The Balaban J connectivity index is 3.07. The summed E-state index contributed by atoms with van der Waals surface area (Å²) in [5.74, 6) is -0.708. The molecular weight excluding hydrogens is 310 g/mol. The molecule has 134 valence electrons. The summed E-state index contributed by atoms with van der Waals surface area (Å²) in [6.45, 7) is 3.42. The van der Waals surface area contributed by atoms with Crippen LogP contribution in [0.15, 0.2) is 12.3 Å². The Bertz CT molecular complexity index is 591. The Morgan fingerprint density at radius 1 is 1.38 bits per heavy atom. The van der Waals surface area contributed by atoms with Gasteiger partial charge in [-0.15, -0.1) is 0 Å². The summed E-state index contributed by atoms with van der Waals surface area (Å²) >= 11 is 0. The Morgan fingerprint density at radius 2 is 2.08 bits per heavy atom. The third kappa shape index (κ3) is 5.49. The first-order valence-corrected chi connectivity index (χ1v) is 8.14. The number of hydrogen-bond acceptors (Lipinski definition) is 6. The maximum absolute atomic E-state index is 12.1. The molecule has 0 saturated carbocycles. The van der Waals surface area contributed by atoms with E-state index in [1.807, 2.05) is 31.3 Å². The van der Waals surface area contributed by atoms with Crippen molar-refractivity contribution in [2.24, 2.45) is 0 Å². The van der Waals surface area contributed by atoms with Crippen molar-refractivity contribution < 1.29 is 19.4 Å². The SMILES string of the molecule is CCOC(=O)c1nn(CCO)c(C(C)=O)c1CCC/C=C\N(C)C. The number of allylic oxidation sites excluding steroid dienone is 1. The smallest absolute Gasteiger partial charge is 0.359 e. The minimum Gasteiger partial charge on any atom is -0.461 e. The molecule has 1 aromatic heterocycles. The lowest BCUT2D eigenvalue weighted by molar-refractivity contribution is 0.0516. The summed E-state index contributed by atoms with van der Waals surface area (Å²) in [5, 5.41) is 13.4. The fourth-order valence-electron chi connectivity index (χ4n) is 2.43. The van der Waals surface area contributed by atoms with Gasteiger partial charge in [0.05, 0.1) is 19.8 Å². The minimum absolute atomic E-state index is 0.158. The van der Waals surface area contributed by atoms with Crippen LogP contribution in [0.4, 0.5) is 0 Å². The standard InChI is InChI=1S/C17H27N3O4/c1-5-24-17(23)15-14(9-7-6-8-10-19(3)4)16(13(2)22)20(18-15)11-12-21/h8,10,21H,5-7,9,11-12H2,1-4H3/b10-8-. The van der Waals surface area contributed by atoms with E-state index in [0.717, 1.165) is 12.8 Å². The predicted octanol–water partition coefficient (Wildman–Crippen LogP) is 1.65. The average molecular weight is 337 g/mol. The Kier molecular flexibility index (Phi) is 8.18. The molecule has 0 radical (unpaired) electrons. The number of carbonyl (C=O) groups excluding carboxylic acids is 2. The van der Waals surface area contributed by atoms with Crippen LogP contribution in [0, 0.1) is 0 Å². The molecule has 1 heterocycles. The van der Waals surface area contributed by atoms with Crippen molar-refractivity contribution in [3.05, 3.63) is 29.2 Å². The van der Waals surface area contributed by atoms with Gasteiger partial charge in [0.1, 0.15) is 5.69 Å². The Morgan fingerprint density at radius 3 is 2.62 bits per heavy atom. The van der Waals surface area contributed by atoms with E-state index in [1.54, 1.807) is 6.92 Å². The number of carbonyl (C=O) groups is 2. The van der Waals surface area contributed by atoms with Gasteiger partial charge in [-0.2, -0.15) is 5.10 Å². The molecule has 0 saturated heterocycles. The summed E-state index contributed by atoms with van der Waals surface area (Å²) in [7, 11) is 3.89. The number of aliphatic hydroxyl groups is 1. The second-order valence-electron chi connectivity index (χ2n) is 5.64. The fourth-order valence-corrected chi connectivity index (χ4v) is 2.43. The van der Waals surface area contributed by atoms with E-state index in [-0.39, 0.29) is 31.2 Å². The molecule has 24 heavy (non-hydrogen) atoms. The molecule has 7 heteroatoms. The van der Waals surface area contributed by atoms with Gasteiger partial charge < -0.3 is 14.7 Å². The number of nitrogens with zero attached hydrogens (tertiary/aromatic N) is 3. The third-order valence-electron chi connectivity index (χ3n) is 3.37. The van der Waals surface area contributed by atoms with Gasteiger partial charge in [0.15, 0.2) is 11.5 Å². The van der Waals surface area contributed by atoms with E-state index in [9.17, 15) is 9.59 Å². The van der Waals surface area contributed by atoms with Crippen LogP contribution in [0.3, 0.4) is 0 Å². The quantitative estimate of drug-likeness (QED) is 0.397. The second kappa shape index (κ2) is 9.87.